The quantitative estimate of drug-likeness (QED) is 0.768. The number of fused-ring (bicyclic) bond motifs is 1. The van der Waals surface area contributed by atoms with Crippen molar-refractivity contribution >= 4 is 18.3 Å². The minimum absolute atomic E-state index is 0. The first-order valence-electron chi connectivity index (χ1n) is 6.20. The van der Waals surface area contributed by atoms with Crippen LogP contribution in [-0.2, 0) is 4.79 Å². The Kier molecular flexibility index (Phi) is 6.41. The Morgan fingerprint density at radius 1 is 1.45 bits per heavy atom. The van der Waals surface area contributed by atoms with Crippen molar-refractivity contribution in [3.05, 3.63) is 18.2 Å². The fourth-order valence-corrected chi connectivity index (χ4v) is 1.69. The summed E-state index contributed by atoms with van der Waals surface area (Å²) in [5.74, 6) is 2.02. The highest BCUT2D eigenvalue weighted by atomic mass is 35.5. The van der Waals surface area contributed by atoms with Crippen LogP contribution < -0.4 is 25.3 Å². The first kappa shape index (κ1) is 16.4. The minimum Gasteiger partial charge on any atom is -0.492 e. The van der Waals surface area contributed by atoms with Crippen LogP contribution in [0.2, 0.25) is 0 Å². The van der Waals surface area contributed by atoms with E-state index < -0.39 is 0 Å². The topological polar surface area (TPSA) is 82.8 Å². The monoisotopic (exact) mass is 302 g/mol. The van der Waals surface area contributed by atoms with E-state index in [1.54, 1.807) is 25.1 Å². The van der Waals surface area contributed by atoms with Crippen molar-refractivity contribution in [1.29, 1.82) is 0 Å². The van der Waals surface area contributed by atoms with Gasteiger partial charge in [0, 0.05) is 18.5 Å². The van der Waals surface area contributed by atoms with Gasteiger partial charge in [-0.1, -0.05) is 0 Å². The molecule has 0 spiro atoms. The molecule has 112 valence electrons. The number of rotatable bonds is 6. The molecule has 0 bridgehead atoms. The third kappa shape index (κ3) is 4.79. The maximum Gasteiger partial charge on any atom is 0.231 e. The number of carbonyl (C=O) groups is 1. The molecule has 0 saturated heterocycles. The van der Waals surface area contributed by atoms with Crippen molar-refractivity contribution in [3.8, 4) is 17.2 Å². The standard InChI is InChI=1S/C13H18N2O4.ClH/c1-9(14)6-13(16)15-4-5-17-10-2-3-11-12(7-10)19-8-18-11;/h2-3,7,9H,4-6,8,14H2,1H3,(H,15,16);1H. The lowest BCUT2D eigenvalue weighted by Gasteiger charge is -2.09. The zero-order valence-electron chi connectivity index (χ0n) is 11.3. The van der Waals surface area contributed by atoms with Crippen LogP contribution in [0.4, 0.5) is 0 Å². The van der Waals surface area contributed by atoms with Gasteiger partial charge in [0.15, 0.2) is 11.5 Å². The fraction of sp³-hybridized carbons (Fsp3) is 0.462. The zero-order chi connectivity index (χ0) is 13.7. The fourth-order valence-electron chi connectivity index (χ4n) is 1.69. The molecule has 1 unspecified atom stereocenters. The molecule has 6 nitrogen and oxygen atoms in total. The second kappa shape index (κ2) is 7.81. The highest BCUT2D eigenvalue weighted by molar-refractivity contribution is 5.85. The molecule has 0 aromatic heterocycles. The summed E-state index contributed by atoms with van der Waals surface area (Å²) in [5, 5.41) is 2.74. The highest BCUT2D eigenvalue weighted by Gasteiger charge is 2.13. The van der Waals surface area contributed by atoms with Crippen molar-refractivity contribution in [2.75, 3.05) is 19.9 Å². The van der Waals surface area contributed by atoms with E-state index in [4.69, 9.17) is 19.9 Å². The molecular formula is C13H19ClN2O4. The van der Waals surface area contributed by atoms with Gasteiger partial charge in [-0.2, -0.15) is 0 Å². The maximum absolute atomic E-state index is 11.3. The second-order valence-corrected chi connectivity index (χ2v) is 4.39. The summed E-state index contributed by atoms with van der Waals surface area (Å²) in [6.45, 7) is 2.87. The van der Waals surface area contributed by atoms with Crippen molar-refractivity contribution in [2.45, 2.75) is 19.4 Å². The number of benzene rings is 1. The summed E-state index contributed by atoms with van der Waals surface area (Å²) >= 11 is 0. The van der Waals surface area contributed by atoms with Gasteiger partial charge in [-0.25, -0.2) is 0 Å². The van der Waals surface area contributed by atoms with Crippen LogP contribution in [0.1, 0.15) is 13.3 Å². The number of halogens is 1. The van der Waals surface area contributed by atoms with Gasteiger partial charge in [-0.05, 0) is 19.1 Å². The Balaban J connectivity index is 0.00000200. The number of ether oxygens (including phenoxy) is 3. The maximum atomic E-state index is 11.3. The Morgan fingerprint density at radius 3 is 2.95 bits per heavy atom. The lowest BCUT2D eigenvalue weighted by atomic mass is 10.2. The van der Waals surface area contributed by atoms with Gasteiger partial charge in [0.1, 0.15) is 12.4 Å². The summed E-state index contributed by atoms with van der Waals surface area (Å²) in [6.07, 6.45) is 0.323. The predicted molar refractivity (Wildman–Crippen MR) is 76.6 cm³/mol. The Bertz CT molecular complexity index is 454. The molecule has 1 amide bonds. The van der Waals surface area contributed by atoms with E-state index in [1.807, 2.05) is 0 Å². The molecule has 1 aromatic rings. The molecule has 1 heterocycles. The van der Waals surface area contributed by atoms with Gasteiger partial charge < -0.3 is 25.3 Å². The number of hydrogen-bond acceptors (Lipinski definition) is 5. The van der Waals surface area contributed by atoms with Gasteiger partial charge in [0.05, 0.1) is 6.54 Å². The molecule has 0 aliphatic carbocycles. The van der Waals surface area contributed by atoms with Crippen LogP contribution in [0.25, 0.3) is 0 Å². The molecular weight excluding hydrogens is 284 g/mol. The first-order valence-corrected chi connectivity index (χ1v) is 6.20. The second-order valence-electron chi connectivity index (χ2n) is 4.39. The van der Waals surface area contributed by atoms with Crippen LogP contribution in [0, 0.1) is 0 Å². The average Bonchev–Trinajstić information content (AvgIpc) is 2.81. The molecule has 0 fully saturated rings. The molecule has 0 saturated carbocycles. The third-order valence-electron chi connectivity index (χ3n) is 2.54. The van der Waals surface area contributed by atoms with Crippen molar-refractivity contribution in [1.82, 2.24) is 5.32 Å². The van der Waals surface area contributed by atoms with E-state index >= 15 is 0 Å². The van der Waals surface area contributed by atoms with Crippen LogP contribution in [0.15, 0.2) is 18.2 Å². The Morgan fingerprint density at radius 2 is 2.20 bits per heavy atom. The number of nitrogens with one attached hydrogen (secondary N) is 1. The summed E-state index contributed by atoms with van der Waals surface area (Å²) in [5.41, 5.74) is 5.52. The van der Waals surface area contributed by atoms with E-state index in [9.17, 15) is 4.79 Å². The van der Waals surface area contributed by atoms with Crippen molar-refractivity contribution < 1.29 is 19.0 Å². The lowest BCUT2D eigenvalue weighted by Crippen LogP contribution is -2.32. The first-order chi connectivity index (χ1) is 9.15. The third-order valence-corrected chi connectivity index (χ3v) is 2.54. The van der Waals surface area contributed by atoms with E-state index in [0.29, 0.717) is 31.1 Å². The van der Waals surface area contributed by atoms with Crippen LogP contribution in [0.5, 0.6) is 17.2 Å². The Hall–Kier alpha value is -1.66. The Labute approximate surface area is 124 Å². The normalized spacial score (nSPS) is 13.3. The zero-order valence-corrected chi connectivity index (χ0v) is 12.1. The summed E-state index contributed by atoms with van der Waals surface area (Å²) in [7, 11) is 0. The molecule has 1 aliphatic heterocycles. The van der Waals surface area contributed by atoms with Gasteiger partial charge in [0.25, 0.3) is 0 Å². The summed E-state index contributed by atoms with van der Waals surface area (Å²) < 4.78 is 15.9. The van der Waals surface area contributed by atoms with Crippen molar-refractivity contribution in [3.63, 3.8) is 0 Å². The molecule has 0 radical (unpaired) electrons. The van der Waals surface area contributed by atoms with E-state index in [-0.39, 0.29) is 31.1 Å². The van der Waals surface area contributed by atoms with Gasteiger partial charge in [-0.15, -0.1) is 12.4 Å². The summed E-state index contributed by atoms with van der Waals surface area (Å²) in [6, 6.07) is 5.24. The molecule has 3 N–H and O–H groups in total. The number of amides is 1. The van der Waals surface area contributed by atoms with Gasteiger partial charge in [0.2, 0.25) is 12.7 Å². The molecule has 20 heavy (non-hydrogen) atoms. The van der Waals surface area contributed by atoms with Gasteiger partial charge in [-0.3, -0.25) is 4.79 Å². The molecule has 1 aromatic carbocycles. The highest BCUT2D eigenvalue weighted by Crippen LogP contribution is 2.34. The van der Waals surface area contributed by atoms with E-state index in [0.717, 1.165) is 5.75 Å². The van der Waals surface area contributed by atoms with Crippen LogP contribution in [-0.4, -0.2) is 31.9 Å². The summed E-state index contributed by atoms with van der Waals surface area (Å²) in [4.78, 5) is 11.3. The largest absolute Gasteiger partial charge is 0.492 e. The molecule has 1 atom stereocenters. The predicted octanol–water partition coefficient (Wildman–Crippen LogP) is 1.07. The molecule has 1 aliphatic rings. The van der Waals surface area contributed by atoms with Crippen molar-refractivity contribution in [2.24, 2.45) is 5.73 Å². The average molecular weight is 303 g/mol. The number of nitrogens with two attached hydrogens (primary N) is 1. The smallest absolute Gasteiger partial charge is 0.231 e. The van der Waals surface area contributed by atoms with Gasteiger partial charge >= 0.3 is 0 Å². The minimum atomic E-state index is -0.130. The van der Waals surface area contributed by atoms with Crippen LogP contribution >= 0.6 is 12.4 Å². The SMILES string of the molecule is CC(N)CC(=O)NCCOc1ccc2c(c1)OCO2.Cl. The molecule has 2 rings (SSSR count). The van der Waals surface area contributed by atoms with Crippen LogP contribution in [0.3, 0.4) is 0 Å². The molecule has 7 heteroatoms. The van der Waals surface area contributed by atoms with E-state index in [1.165, 1.54) is 0 Å². The van der Waals surface area contributed by atoms with E-state index in [2.05, 4.69) is 5.32 Å². The lowest BCUT2D eigenvalue weighted by molar-refractivity contribution is -0.121. The number of hydrogen-bond donors (Lipinski definition) is 2. The number of carbonyl (C=O) groups excluding carboxylic acids is 1.